The third-order valence-electron chi connectivity index (χ3n) is 4.42. The number of nitrogens with one attached hydrogen (secondary N) is 1. The molecule has 2 amide bonds. The average molecular weight is 252 g/mol. The van der Waals surface area contributed by atoms with Crippen LogP contribution in [0.25, 0.3) is 0 Å². The molecular weight excluding hydrogens is 228 g/mol. The average Bonchev–Trinajstić information content (AvgIpc) is 2.19. The van der Waals surface area contributed by atoms with Crippen molar-refractivity contribution >= 4 is 11.8 Å². The number of hydrogen-bond acceptors (Lipinski definition) is 2. The number of nitrogens with zero attached hydrogens (tertiary/aromatic N) is 1. The van der Waals surface area contributed by atoms with Gasteiger partial charge in [-0.25, -0.2) is 0 Å². The first-order valence-electron chi connectivity index (χ1n) is 6.80. The van der Waals surface area contributed by atoms with Crippen molar-refractivity contribution in [3.8, 4) is 0 Å². The van der Waals surface area contributed by atoms with Crippen LogP contribution < -0.4 is 5.32 Å². The second kappa shape index (κ2) is 3.97. The topological polar surface area (TPSA) is 49.4 Å². The molecule has 0 bridgehead atoms. The molecule has 1 saturated heterocycles. The van der Waals surface area contributed by atoms with Gasteiger partial charge >= 0.3 is 0 Å². The van der Waals surface area contributed by atoms with Crippen LogP contribution in [-0.4, -0.2) is 34.3 Å². The van der Waals surface area contributed by atoms with Crippen molar-refractivity contribution in [3.63, 3.8) is 0 Å². The molecule has 2 unspecified atom stereocenters. The molecule has 1 N–H and O–H groups in total. The fraction of sp³-hybridized carbons (Fsp3) is 0.857. The zero-order chi connectivity index (χ0) is 13.7. The maximum atomic E-state index is 12.7. The normalized spacial score (nSPS) is 31.9. The van der Waals surface area contributed by atoms with Crippen molar-refractivity contribution in [2.24, 2.45) is 5.41 Å². The minimum atomic E-state index is -0.404. The molecular formula is C14H24N2O2. The highest BCUT2D eigenvalue weighted by Crippen LogP contribution is 2.41. The maximum Gasteiger partial charge on any atom is 0.246 e. The van der Waals surface area contributed by atoms with Gasteiger partial charge in [-0.1, -0.05) is 20.8 Å². The van der Waals surface area contributed by atoms with Crippen LogP contribution in [0.5, 0.6) is 0 Å². The van der Waals surface area contributed by atoms with Crippen molar-refractivity contribution in [3.05, 3.63) is 0 Å². The zero-order valence-corrected chi connectivity index (χ0v) is 12.0. The first-order valence-corrected chi connectivity index (χ1v) is 6.80. The van der Waals surface area contributed by atoms with E-state index >= 15 is 0 Å². The second-order valence-electron chi connectivity index (χ2n) is 7.04. The Morgan fingerprint density at radius 3 is 2.22 bits per heavy atom. The third-order valence-corrected chi connectivity index (χ3v) is 4.42. The molecule has 2 atom stereocenters. The summed E-state index contributed by atoms with van der Waals surface area (Å²) in [7, 11) is 0. The summed E-state index contributed by atoms with van der Waals surface area (Å²) in [6, 6.07) is -0.750. The quantitative estimate of drug-likeness (QED) is 0.772. The minimum absolute atomic E-state index is 0.0253. The molecule has 2 aliphatic rings. The van der Waals surface area contributed by atoms with Crippen LogP contribution in [0.2, 0.25) is 0 Å². The number of carbonyl (C=O) groups excluding carboxylic acids is 2. The van der Waals surface area contributed by atoms with Gasteiger partial charge in [0, 0.05) is 5.54 Å². The second-order valence-corrected chi connectivity index (χ2v) is 7.04. The van der Waals surface area contributed by atoms with E-state index < -0.39 is 6.04 Å². The Bertz CT molecular complexity index is 380. The lowest BCUT2D eigenvalue weighted by Crippen LogP contribution is -2.71. The molecule has 2 fully saturated rings. The summed E-state index contributed by atoms with van der Waals surface area (Å²) in [4.78, 5) is 26.6. The Morgan fingerprint density at radius 1 is 1.28 bits per heavy atom. The number of hydrogen-bond donors (Lipinski definition) is 1. The fourth-order valence-corrected chi connectivity index (χ4v) is 3.02. The highest BCUT2D eigenvalue weighted by Gasteiger charge is 2.51. The molecule has 1 aliphatic heterocycles. The summed E-state index contributed by atoms with van der Waals surface area (Å²) < 4.78 is 0. The molecule has 4 heteroatoms. The molecule has 0 spiro atoms. The zero-order valence-electron chi connectivity index (χ0n) is 12.0. The van der Waals surface area contributed by atoms with E-state index in [4.69, 9.17) is 0 Å². The van der Waals surface area contributed by atoms with Crippen LogP contribution in [0.15, 0.2) is 0 Å². The third kappa shape index (κ3) is 1.91. The lowest BCUT2D eigenvalue weighted by molar-refractivity contribution is -0.162. The van der Waals surface area contributed by atoms with Crippen LogP contribution in [0.3, 0.4) is 0 Å². The summed E-state index contributed by atoms with van der Waals surface area (Å²) in [6.07, 6.45) is 3.16. The van der Waals surface area contributed by atoms with E-state index in [0.29, 0.717) is 0 Å². The summed E-state index contributed by atoms with van der Waals surface area (Å²) in [6.45, 7) is 9.91. The summed E-state index contributed by atoms with van der Waals surface area (Å²) in [5.41, 5.74) is -0.358. The van der Waals surface area contributed by atoms with Gasteiger partial charge in [0.1, 0.15) is 12.1 Å². The summed E-state index contributed by atoms with van der Waals surface area (Å²) in [5, 5.41) is 2.88. The first kappa shape index (κ1) is 13.4. The molecule has 0 aromatic rings. The van der Waals surface area contributed by atoms with Crippen LogP contribution in [0, 0.1) is 5.41 Å². The molecule has 1 aliphatic carbocycles. The van der Waals surface area contributed by atoms with Gasteiger partial charge in [-0.2, -0.15) is 0 Å². The molecule has 0 aromatic carbocycles. The Balaban J connectivity index is 2.32. The smallest absolute Gasteiger partial charge is 0.246 e. The molecule has 4 nitrogen and oxygen atoms in total. The van der Waals surface area contributed by atoms with Gasteiger partial charge in [0.15, 0.2) is 0 Å². The molecule has 2 rings (SSSR count). The Kier molecular flexibility index (Phi) is 2.95. The number of piperazine rings is 1. The molecule has 1 saturated carbocycles. The number of carbonyl (C=O) groups is 2. The number of rotatable bonds is 1. The van der Waals surface area contributed by atoms with Crippen LogP contribution in [0.4, 0.5) is 0 Å². The van der Waals surface area contributed by atoms with Gasteiger partial charge in [0.05, 0.1) is 0 Å². The minimum Gasteiger partial charge on any atom is -0.342 e. The molecule has 1 heterocycles. The van der Waals surface area contributed by atoms with Crippen molar-refractivity contribution in [2.45, 2.75) is 71.5 Å². The SMILES string of the molecule is CC1C(=O)NC(C(C)(C)C)C(=O)N1C1(C)CCC1. The summed E-state index contributed by atoms with van der Waals surface area (Å²) >= 11 is 0. The Labute approximate surface area is 109 Å². The highest BCUT2D eigenvalue weighted by molar-refractivity contribution is 5.97. The maximum absolute atomic E-state index is 12.7. The lowest BCUT2D eigenvalue weighted by Gasteiger charge is -2.54. The van der Waals surface area contributed by atoms with Crippen molar-refractivity contribution in [1.82, 2.24) is 10.2 Å². The van der Waals surface area contributed by atoms with Gasteiger partial charge in [-0.3, -0.25) is 9.59 Å². The van der Waals surface area contributed by atoms with Crippen molar-refractivity contribution < 1.29 is 9.59 Å². The largest absolute Gasteiger partial charge is 0.342 e. The van der Waals surface area contributed by atoms with E-state index in [9.17, 15) is 9.59 Å². The van der Waals surface area contributed by atoms with Crippen LogP contribution in [-0.2, 0) is 9.59 Å². The molecule has 18 heavy (non-hydrogen) atoms. The lowest BCUT2D eigenvalue weighted by atomic mass is 9.74. The predicted molar refractivity (Wildman–Crippen MR) is 69.9 cm³/mol. The Hall–Kier alpha value is -1.06. The van der Waals surface area contributed by atoms with Gasteiger partial charge in [-0.15, -0.1) is 0 Å². The van der Waals surface area contributed by atoms with E-state index in [1.807, 2.05) is 32.6 Å². The van der Waals surface area contributed by atoms with Crippen molar-refractivity contribution in [2.75, 3.05) is 0 Å². The van der Waals surface area contributed by atoms with Crippen molar-refractivity contribution in [1.29, 1.82) is 0 Å². The summed E-state index contributed by atoms with van der Waals surface area (Å²) in [5.74, 6) is 0.0550. The molecule has 0 aromatic heterocycles. The molecule has 0 radical (unpaired) electrons. The highest BCUT2D eigenvalue weighted by atomic mass is 16.2. The first-order chi connectivity index (χ1) is 8.17. The van der Waals surface area contributed by atoms with Crippen LogP contribution in [0.1, 0.15) is 53.9 Å². The van der Waals surface area contributed by atoms with E-state index in [-0.39, 0.29) is 28.8 Å². The van der Waals surface area contributed by atoms with E-state index in [2.05, 4.69) is 12.2 Å². The van der Waals surface area contributed by atoms with E-state index in [1.54, 1.807) is 0 Å². The van der Waals surface area contributed by atoms with Gasteiger partial charge < -0.3 is 10.2 Å². The van der Waals surface area contributed by atoms with Gasteiger partial charge in [0.25, 0.3) is 0 Å². The van der Waals surface area contributed by atoms with Gasteiger partial charge in [-0.05, 0) is 38.5 Å². The standard InChI is InChI=1S/C14H24N2O2/c1-9-11(17)15-10(13(2,3)4)12(18)16(9)14(5)7-6-8-14/h9-10H,6-8H2,1-5H3,(H,15,17). The predicted octanol–water partition coefficient (Wildman–Crippen LogP) is 1.69. The van der Waals surface area contributed by atoms with E-state index in [1.165, 1.54) is 0 Å². The van der Waals surface area contributed by atoms with Crippen LogP contribution >= 0.6 is 0 Å². The Morgan fingerprint density at radius 2 is 1.83 bits per heavy atom. The monoisotopic (exact) mass is 252 g/mol. The van der Waals surface area contributed by atoms with Gasteiger partial charge in [0.2, 0.25) is 11.8 Å². The molecule has 102 valence electrons. The number of amides is 2. The fourth-order valence-electron chi connectivity index (χ4n) is 3.02. The van der Waals surface area contributed by atoms with E-state index in [0.717, 1.165) is 19.3 Å².